The molecule has 0 radical (unpaired) electrons. The van der Waals surface area contributed by atoms with Gasteiger partial charge in [-0.15, -0.1) is 0 Å². The molecule has 0 aliphatic rings. The lowest BCUT2D eigenvalue weighted by atomic mass is 10.3. The normalized spacial score (nSPS) is 11.9. The highest BCUT2D eigenvalue weighted by Gasteiger charge is 2.12. The average Bonchev–Trinajstić information content (AvgIpc) is 2.29. The summed E-state index contributed by atoms with van der Waals surface area (Å²) in [6.07, 6.45) is 0. The summed E-state index contributed by atoms with van der Waals surface area (Å²) < 4.78 is 13.1. The smallest absolute Gasteiger partial charge is 0.320 e. The largest absolute Gasteiger partial charge is 0.480 e. The van der Waals surface area contributed by atoms with Crippen LogP contribution in [0.5, 0.6) is 0 Å². The first-order valence-corrected chi connectivity index (χ1v) is 5.01. The molecule has 0 heterocycles. The highest BCUT2D eigenvalue weighted by atomic mass is 19.1. The van der Waals surface area contributed by atoms with Crippen LogP contribution >= 0.6 is 0 Å². The molecule has 6 heteroatoms. The van der Waals surface area contributed by atoms with Crippen molar-refractivity contribution in [1.82, 2.24) is 5.32 Å². The number of nitrogens with one attached hydrogen (secondary N) is 2. The molecular formula is C11H13FN2O3. The Morgan fingerprint density at radius 2 is 2.06 bits per heavy atom. The van der Waals surface area contributed by atoms with Gasteiger partial charge in [-0.3, -0.25) is 14.9 Å². The Hall–Kier alpha value is -1.95. The number of carboxylic acids is 1. The number of anilines is 1. The average molecular weight is 240 g/mol. The van der Waals surface area contributed by atoms with Gasteiger partial charge in [0.05, 0.1) is 12.2 Å². The molecule has 0 unspecified atom stereocenters. The van der Waals surface area contributed by atoms with Crippen LogP contribution in [0.3, 0.4) is 0 Å². The van der Waals surface area contributed by atoms with E-state index in [9.17, 15) is 14.0 Å². The van der Waals surface area contributed by atoms with E-state index in [1.807, 2.05) is 0 Å². The molecule has 0 saturated heterocycles. The van der Waals surface area contributed by atoms with Crippen molar-refractivity contribution in [2.45, 2.75) is 13.0 Å². The van der Waals surface area contributed by atoms with E-state index in [-0.39, 0.29) is 12.2 Å². The van der Waals surface area contributed by atoms with E-state index >= 15 is 0 Å². The molecular weight excluding hydrogens is 227 g/mol. The van der Waals surface area contributed by atoms with Crippen molar-refractivity contribution < 1.29 is 19.1 Å². The number of hydrogen-bond acceptors (Lipinski definition) is 3. The van der Waals surface area contributed by atoms with E-state index in [2.05, 4.69) is 10.6 Å². The van der Waals surface area contributed by atoms with Crippen molar-refractivity contribution in [3.05, 3.63) is 30.1 Å². The Morgan fingerprint density at radius 3 is 2.65 bits per heavy atom. The lowest BCUT2D eigenvalue weighted by molar-refractivity contribution is -0.139. The summed E-state index contributed by atoms with van der Waals surface area (Å²) in [7, 11) is 0. The van der Waals surface area contributed by atoms with Crippen molar-refractivity contribution in [2.24, 2.45) is 0 Å². The first-order chi connectivity index (χ1) is 8.00. The van der Waals surface area contributed by atoms with E-state index in [0.717, 1.165) is 0 Å². The Kier molecular flexibility index (Phi) is 4.59. The van der Waals surface area contributed by atoms with E-state index in [0.29, 0.717) is 0 Å². The summed E-state index contributed by atoms with van der Waals surface area (Å²) in [4.78, 5) is 21.8. The zero-order valence-corrected chi connectivity index (χ0v) is 9.24. The highest BCUT2D eigenvalue weighted by molar-refractivity contribution is 5.92. The molecule has 3 N–H and O–H groups in total. The van der Waals surface area contributed by atoms with Gasteiger partial charge in [-0.05, 0) is 19.1 Å². The van der Waals surface area contributed by atoms with Crippen LogP contribution in [0.2, 0.25) is 0 Å². The molecule has 5 nitrogen and oxygen atoms in total. The topological polar surface area (TPSA) is 78.4 Å². The first-order valence-electron chi connectivity index (χ1n) is 5.01. The van der Waals surface area contributed by atoms with Gasteiger partial charge < -0.3 is 10.4 Å². The number of benzene rings is 1. The van der Waals surface area contributed by atoms with Gasteiger partial charge >= 0.3 is 5.97 Å². The maximum Gasteiger partial charge on any atom is 0.320 e. The number of para-hydroxylation sites is 1. The Bertz CT molecular complexity index is 423. The van der Waals surface area contributed by atoms with Gasteiger partial charge in [0.2, 0.25) is 5.91 Å². The Labute approximate surface area is 97.6 Å². The third kappa shape index (κ3) is 4.20. The maximum atomic E-state index is 13.1. The minimum atomic E-state index is -1.05. The SMILES string of the molecule is C[C@@H](NCC(=O)Nc1ccccc1F)C(=O)O. The Morgan fingerprint density at radius 1 is 1.41 bits per heavy atom. The molecule has 1 amide bonds. The van der Waals surface area contributed by atoms with Gasteiger partial charge in [-0.1, -0.05) is 12.1 Å². The van der Waals surface area contributed by atoms with Crippen LogP contribution in [0.4, 0.5) is 10.1 Å². The summed E-state index contributed by atoms with van der Waals surface area (Å²) in [6, 6.07) is 4.92. The number of carboxylic acid groups (broad SMARTS) is 1. The molecule has 1 aromatic carbocycles. The molecule has 0 saturated carbocycles. The zero-order valence-electron chi connectivity index (χ0n) is 9.24. The molecule has 0 aliphatic carbocycles. The minimum Gasteiger partial charge on any atom is -0.480 e. The highest BCUT2D eigenvalue weighted by Crippen LogP contribution is 2.11. The second-order valence-electron chi connectivity index (χ2n) is 3.47. The monoisotopic (exact) mass is 240 g/mol. The van der Waals surface area contributed by atoms with Crippen LogP contribution in [0.25, 0.3) is 0 Å². The van der Waals surface area contributed by atoms with Crippen LogP contribution < -0.4 is 10.6 Å². The zero-order chi connectivity index (χ0) is 12.8. The second-order valence-corrected chi connectivity index (χ2v) is 3.47. The lowest BCUT2D eigenvalue weighted by Gasteiger charge is -2.09. The fourth-order valence-corrected chi connectivity index (χ4v) is 1.09. The summed E-state index contributed by atoms with van der Waals surface area (Å²) in [5.41, 5.74) is 0.0716. The van der Waals surface area contributed by atoms with Crippen LogP contribution in [0.15, 0.2) is 24.3 Å². The molecule has 1 aromatic rings. The predicted molar refractivity (Wildman–Crippen MR) is 60.1 cm³/mol. The minimum absolute atomic E-state index is 0.0716. The van der Waals surface area contributed by atoms with Crippen LogP contribution in [0, 0.1) is 5.82 Å². The van der Waals surface area contributed by atoms with Gasteiger partial charge in [0.1, 0.15) is 11.9 Å². The molecule has 92 valence electrons. The van der Waals surface area contributed by atoms with E-state index in [4.69, 9.17) is 5.11 Å². The molecule has 1 rings (SSSR count). The molecule has 1 atom stereocenters. The lowest BCUT2D eigenvalue weighted by Crippen LogP contribution is -2.39. The van der Waals surface area contributed by atoms with E-state index in [1.165, 1.54) is 25.1 Å². The van der Waals surface area contributed by atoms with Crippen LogP contribution in [0.1, 0.15) is 6.92 Å². The number of hydrogen-bond donors (Lipinski definition) is 3. The molecule has 0 bridgehead atoms. The van der Waals surface area contributed by atoms with Gasteiger partial charge in [-0.2, -0.15) is 0 Å². The Balaban J connectivity index is 2.46. The predicted octanol–water partition coefficient (Wildman–Crippen LogP) is 0.827. The van der Waals surface area contributed by atoms with Crippen molar-refractivity contribution in [3.63, 3.8) is 0 Å². The summed E-state index contributed by atoms with van der Waals surface area (Å²) in [5, 5.41) is 13.4. The number of amides is 1. The first kappa shape index (κ1) is 13.1. The van der Waals surface area contributed by atoms with Crippen molar-refractivity contribution in [3.8, 4) is 0 Å². The molecule has 0 aliphatic heterocycles. The van der Waals surface area contributed by atoms with Gasteiger partial charge in [-0.25, -0.2) is 4.39 Å². The van der Waals surface area contributed by atoms with Gasteiger partial charge in [0.15, 0.2) is 0 Å². The number of halogens is 1. The second kappa shape index (κ2) is 5.95. The molecule has 0 fully saturated rings. The third-order valence-electron chi connectivity index (χ3n) is 2.09. The van der Waals surface area contributed by atoms with Crippen molar-refractivity contribution >= 4 is 17.6 Å². The third-order valence-corrected chi connectivity index (χ3v) is 2.09. The standard InChI is InChI=1S/C11H13FN2O3/c1-7(11(16)17)13-6-10(15)14-9-5-3-2-4-8(9)12/h2-5,7,13H,6H2,1H3,(H,14,15)(H,16,17)/t7-/m1/s1. The van der Waals surface area contributed by atoms with Crippen LogP contribution in [-0.4, -0.2) is 29.6 Å². The van der Waals surface area contributed by atoms with E-state index in [1.54, 1.807) is 6.07 Å². The number of aliphatic carboxylic acids is 1. The fraction of sp³-hybridized carbons (Fsp3) is 0.273. The fourth-order valence-electron chi connectivity index (χ4n) is 1.09. The molecule has 0 aromatic heterocycles. The number of carbonyl (C=O) groups excluding carboxylic acids is 1. The number of carbonyl (C=O) groups is 2. The van der Waals surface area contributed by atoms with Crippen LogP contribution in [-0.2, 0) is 9.59 Å². The van der Waals surface area contributed by atoms with Gasteiger partial charge in [0, 0.05) is 0 Å². The summed E-state index contributed by atoms with van der Waals surface area (Å²) in [5.74, 6) is -2.08. The maximum absolute atomic E-state index is 13.1. The molecule has 0 spiro atoms. The summed E-state index contributed by atoms with van der Waals surface area (Å²) >= 11 is 0. The van der Waals surface area contributed by atoms with E-state index < -0.39 is 23.7 Å². The number of rotatable bonds is 5. The summed E-state index contributed by atoms with van der Waals surface area (Å²) in [6.45, 7) is 1.22. The van der Waals surface area contributed by atoms with Gasteiger partial charge in [0.25, 0.3) is 0 Å². The van der Waals surface area contributed by atoms with Crippen molar-refractivity contribution in [2.75, 3.05) is 11.9 Å². The molecule has 17 heavy (non-hydrogen) atoms. The van der Waals surface area contributed by atoms with Crippen molar-refractivity contribution in [1.29, 1.82) is 0 Å². The quantitative estimate of drug-likeness (QED) is 0.712.